The highest BCUT2D eigenvalue weighted by Crippen LogP contribution is 2.13. The molecular formula is C12H23N3O4. The van der Waals surface area contributed by atoms with Gasteiger partial charge >= 0.3 is 5.97 Å². The van der Waals surface area contributed by atoms with Crippen molar-refractivity contribution >= 4 is 17.8 Å². The van der Waals surface area contributed by atoms with E-state index in [1.165, 1.54) is 6.92 Å². The van der Waals surface area contributed by atoms with Crippen LogP contribution in [0, 0.1) is 0 Å². The molecule has 0 radical (unpaired) electrons. The molecule has 7 heteroatoms. The van der Waals surface area contributed by atoms with Gasteiger partial charge in [0.15, 0.2) is 0 Å². The van der Waals surface area contributed by atoms with Gasteiger partial charge in [0, 0.05) is 20.0 Å². The maximum Gasteiger partial charge on any atom is 0.323 e. The van der Waals surface area contributed by atoms with Gasteiger partial charge in [0.2, 0.25) is 11.8 Å². The molecule has 0 aromatic heterocycles. The minimum absolute atomic E-state index is 0.00979. The third-order valence-corrected chi connectivity index (χ3v) is 2.85. The summed E-state index contributed by atoms with van der Waals surface area (Å²) in [6, 6.07) is 0. The fraction of sp³-hybridized carbons (Fsp3) is 0.750. The van der Waals surface area contributed by atoms with Crippen LogP contribution < -0.4 is 10.6 Å². The minimum Gasteiger partial charge on any atom is -0.480 e. The van der Waals surface area contributed by atoms with Crippen molar-refractivity contribution in [3.63, 3.8) is 0 Å². The molecule has 0 aliphatic rings. The number of likely N-dealkylation sites (N-methyl/N-ethyl adjacent to an activating group) is 1. The Labute approximate surface area is 113 Å². The summed E-state index contributed by atoms with van der Waals surface area (Å²) in [4.78, 5) is 35.0. The van der Waals surface area contributed by atoms with Gasteiger partial charge in [0.1, 0.15) is 5.54 Å². The Morgan fingerprint density at radius 2 is 1.68 bits per heavy atom. The normalized spacial score (nSPS) is 11.2. The topological polar surface area (TPSA) is 98.7 Å². The van der Waals surface area contributed by atoms with Crippen molar-refractivity contribution in [2.45, 2.75) is 33.2 Å². The van der Waals surface area contributed by atoms with Crippen LogP contribution in [-0.2, 0) is 14.4 Å². The van der Waals surface area contributed by atoms with Gasteiger partial charge < -0.3 is 15.7 Å². The van der Waals surface area contributed by atoms with E-state index in [9.17, 15) is 14.4 Å². The first-order chi connectivity index (χ1) is 8.71. The zero-order valence-corrected chi connectivity index (χ0v) is 11.9. The number of amides is 2. The highest BCUT2D eigenvalue weighted by molar-refractivity contribution is 5.81. The molecule has 7 nitrogen and oxygen atoms in total. The van der Waals surface area contributed by atoms with E-state index < -0.39 is 11.5 Å². The molecule has 3 N–H and O–H groups in total. The van der Waals surface area contributed by atoms with E-state index >= 15 is 0 Å². The lowest BCUT2D eigenvalue weighted by Crippen LogP contribution is -2.53. The molecule has 2 amide bonds. The molecule has 0 spiro atoms. The standard InChI is InChI=1S/C12H23N3O4/c1-5-15(12(3,4)11(18)19)8-10(17)14-7-6-13-9(2)16/h5-8H2,1-4H3,(H,13,16)(H,14,17)(H,18,19). The van der Waals surface area contributed by atoms with Gasteiger partial charge in [0.25, 0.3) is 0 Å². The van der Waals surface area contributed by atoms with Crippen LogP contribution >= 0.6 is 0 Å². The Hall–Kier alpha value is -1.63. The molecule has 0 bridgehead atoms. The van der Waals surface area contributed by atoms with Crippen LogP contribution in [-0.4, -0.2) is 59.5 Å². The van der Waals surface area contributed by atoms with Crippen molar-refractivity contribution in [1.82, 2.24) is 15.5 Å². The molecule has 0 heterocycles. The lowest BCUT2D eigenvalue weighted by Gasteiger charge is -2.33. The minimum atomic E-state index is -1.09. The second kappa shape index (κ2) is 7.73. The monoisotopic (exact) mass is 273 g/mol. The smallest absolute Gasteiger partial charge is 0.323 e. The molecule has 110 valence electrons. The first-order valence-electron chi connectivity index (χ1n) is 6.21. The van der Waals surface area contributed by atoms with Gasteiger partial charge in [-0.05, 0) is 20.4 Å². The second-order valence-corrected chi connectivity index (χ2v) is 4.71. The molecule has 0 atom stereocenters. The van der Waals surface area contributed by atoms with Crippen LogP contribution in [0.2, 0.25) is 0 Å². The summed E-state index contributed by atoms with van der Waals surface area (Å²) in [6.07, 6.45) is 0. The van der Waals surface area contributed by atoms with E-state index in [1.54, 1.807) is 25.7 Å². The Bertz CT molecular complexity index is 342. The number of carbonyl (C=O) groups is 3. The number of rotatable bonds is 8. The lowest BCUT2D eigenvalue weighted by molar-refractivity contribution is -0.150. The van der Waals surface area contributed by atoms with Crippen LogP contribution in [0.4, 0.5) is 0 Å². The third kappa shape index (κ3) is 6.19. The Morgan fingerprint density at radius 1 is 1.16 bits per heavy atom. The van der Waals surface area contributed by atoms with Crippen molar-refractivity contribution in [2.75, 3.05) is 26.2 Å². The van der Waals surface area contributed by atoms with E-state index in [-0.39, 0.29) is 18.4 Å². The van der Waals surface area contributed by atoms with E-state index in [1.807, 2.05) is 0 Å². The maximum atomic E-state index is 11.7. The Balaban J connectivity index is 4.21. The number of nitrogens with one attached hydrogen (secondary N) is 2. The fourth-order valence-electron chi connectivity index (χ4n) is 1.51. The van der Waals surface area contributed by atoms with Crippen LogP contribution in [0.3, 0.4) is 0 Å². The average Bonchev–Trinajstić information content (AvgIpc) is 2.30. The summed E-state index contributed by atoms with van der Waals surface area (Å²) in [6.45, 7) is 7.46. The highest BCUT2D eigenvalue weighted by Gasteiger charge is 2.34. The first-order valence-corrected chi connectivity index (χ1v) is 6.21. The van der Waals surface area contributed by atoms with E-state index in [0.29, 0.717) is 19.6 Å². The fourth-order valence-corrected chi connectivity index (χ4v) is 1.51. The molecular weight excluding hydrogens is 250 g/mol. The third-order valence-electron chi connectivity index (χ3n) is 2.85. The van der Waals surface area contributed by atoms with Gasteiger partial charge in [-0.2, -0.15) is 0 Å². The number of carbonyl (C=O) groups excluding carboxylic acids is 2. The first kappa shape index (κ1) is 17.4. The van der Waals surface area contributed by atoms with Crippen LogP contribution in [0.5, 0.6) is 0 Å². The predicted molar refractivity (Wildman–Crippen MR) is 70.7 cm³/mol. The quantitative estimate of drug-likeness (QED) is 0.514. The molecule has 0 aromatic carbocycles. The molecule has 0 unspecified atom stereocenters. The van der Waals surface area contributed by atoms with Crippen molar-refractivity contribution in [1.29, 1.82) is 0 Å². The summed E-state index contributed by atoms with van der Waals surface area (Å²) in [5.74, 6) is -1.39. The summed E-state index contributed by atoms with van der Waals surface area (Å²) < 4.78 is 0. The van der Waals surface area contributed by atoms with Gasteiger partial charge in [-0.25, -0.2) is 0 Å². The Kier molecular flexibility index (Phi) is 7.06. The molecule has 0 aliphatic heterocycles. The van der Waals surface area contributed by atoms with E-state index in [0.717, 1.165) is 0 Å². The predicted octanol–water partition coefficient (Wildman–Crippen LogP) is -0.576. The van der Waals surface area contributed by atoms with Gasteiger partial charge in [-0.3, -0.25) is 19.3 Å². The van der Waals surface area contributed by atoms with Crippen LogP contribution in [0.1, 0.15) is 27.7 Å². The molecule has 0 rings (SSSR count). The summed E-state index contributed by atoms with van der Waals surface area (Å²) in [7, 11) is 0. The Morgan fingerprint density at radius 3 is 2.11 bits per heavy atom. The zero-order chi connectivity index (χ0) is 15.1. The molecule has 0 saturated carbocycles. The number of hydrogen-bond acceptors (Lipinski definition) is 4. The number of nitrogens with zero attached hydrogens (tertiary/aromatic N) is 1. The maximum absolute atomic E-state index is 11.7. The van der Waals surface area contributed by atoms with Crippen LogP contribution in [0.25, 0.3) is 0 Å². The van der Waals surface area contributed by atoms with E-state index in [4.69, 9.17) is 5.11 Å². The summed E-state index contributed by atoms with van der Waals surface area (Å²) in [5.41, 5.74) is -1.09. The average molecular weight is 273 g/mol. The van der Waals surface area contributed by atoms with Gasteiger partial charge in [-0.15, -0.1) is 0 Å². The largest absolute Gasteiger partial charge is 0.480 e. The molecule has 0 fully saturated rings. The van der Waals surface area contributed by atoms with Crippen LogP contribution in [0.15, 0.2) is 0 Å². The summed E-state index contributed by atoms with van der Waals surface area (Å²) >= 11 is 0. The number of aliphatic carboxylic acids is 1. The molecule has 0 saturated heterocycles. The van der Waals surface area contributed by atoms with E-state index in [2.05, 4.69) is 10.6 Å². The summed E-state index contributed by atoms with van der Waals surface area (Å²) in [5, 5.41) is 14.3. The number of carboxylic acid groups (broad SMARTS) is 1. The zero-order valence-electron chi connectivity index (χ0n) is 11.9. The number of hydrogen-bond donors (Lipinski definition) is 3. The van der Waals surface area contributed by atoms with Gasteiger partial charge in [-0.1, -0.05) is 6.92 Å². The van der Waals surface area contributed by atoms with Crippen molar-refractivity contribution in [3.05, 3.63) is 0 Å². The SMILES string of the molecule is CCN(CC(=O)NCCNC(C)=O)C(C)(C)C(=O)O. The number of carboxylic acids is 1. The second-order valence-electron chi connectivity index (χ2n) is 4.71. The molecule has 0 aliphatic carbocycles. The molecule has 19 heavy (non-hydrogen) atoms. The molecule has 0 aromatic rings. The van der Waals surface area contributed by atoms with Crippen molar-refractivity contribution in [3.8, 4) is 0 Å². The van der Waals surface area contributed by atoms with Gasteiger partial charge in [0.05, 0.1) is 6.54 Å². The highest BCUT2D eigenvalue weighted by atomic mass is 16.4. The van der Waals surface area contributed by atoms with Crippen molar-refractivity contribution < 1.29 is 19.5 Å². The lowest BCUT2D eigenvalue weighted by atomic mass is 10.0. The van der Waals surface area contributed by atoms with Crippen molar-refractivity contribution in [2.24, 2.45) is 0 Å².